The molecule has 6 nitrogen and oxygen atoms in total. The number of aryl methyl sites for hydroxylation is 3. The molecule has 0 unspecified atom stereocenters. The van der Waals surface area contributed by atoms with Gasteiger partial charge in [-0.1, -0.05) is 54.6 Å². The Hall–Kier alpha value is -3.80. The van der Waals surface area contributed by atoms with Gasteiger partial charge in [0.25, 0.3) is 0 Å². The molecule has 0 bridgehead atoms. The van der Waals surface area contributed by atoms with Crippen molar-refractivity contribution in [1.29, 1.82) is 0 Å². The smallest absolute Gasteiger partial charge is 0.319 e. The van der Waals surface area contributed by atoms with Crippen molar-refractivity contribution >= 4 is 23.4 Å². The Morgan fingerprint density at radius 3 is 1.71 bits per heavy atom. The highest BCUT2D eigenvalue weighted by molar-refractivity contribution is 5.93. The molecular weight excluding hydrogens is 388 g/mol. The van der Waals surface area contributed by atoms with Crippen molar-refractivity contribution in [3.05, 3.63) is 94.5 Å². The predicted octanol–water partition coefficient (Wildman–Crippen LogP) is 5.26. The number of carbonyl (C=O) groups is 2. The summed E-state index contributed by atoms with van der Waals surface area (Å²) in [5.74, 6) is 0. The minimum Gasteiger partial charge on any atom is -0.334 e. The van der Waals surface area contributed by atoms with Crippen LogP contribution >= 0.6 is 0 Å². The van der Waals surface area contributed by atoms with Gasteiger partial charge in [0.15, 0.2) is 0 Å². The third-order valence-corrected chi connectivity index (χ3v) is 5.14. The molecule has 0 aliphatic heterocycles. The average Bonchev–Trinajstić information content (AvgIpc) is 2.75. The molecule has 0 fully saturated rings. The number of amides is 4. The van der Waals surface area contributed by atoms with Crippen LogP contribution in [0.4, 0.5) is 21.0 Å². The summed E-state index contributed by atoms with van der Waals surface area (Å²) in [7, 11) is 0. The first-order chi connectivity index (χ1) is 14.9. The Morgan fingerprint density at radius 1 is 0.645 bits per heavy atom. The van der Waals surface area contributed by atoms with E-state index in [-0.39, 0.29) is 12.1 Å². The summed E-state index contributed by atoms with van der Waals surface area (Å²) in [4.78, 5) is 24.6. The standard InChI is InChI=1S/C25H28N4O2/c1-17-8-4-6-10-20(17)15-26-24(30)28-22-13-12-19(3)23(14-22)29-25(31)27-16-21-11-7-5-9-18(21)2/h4-14H,15-16H2,1-3H3,(H2,26,28,30)(H2,27,29,31). The lowest BCUT2D eigenvalue weighted by Crippen LogP contribution is -2.29. The normalized spacial score (nSPS) is 10.3. The molecule has 6 heteroatoms. The fourth-order valence-electron chi connectivity index (χ4n) is 3.14. The van der Waals surface area contributed by atoms with E-state index in [0.717, 1.165) is 27.8 Å². The van der Waals surface area contributed by atoms with Crippen LogP contribution in [0.1, 0.15) is 27.8 Å². The van der Waals surface area contributed by atoms with Crippen LogP contribution in [0.15, 0.2) is 66.7 Å². The van der Waals surface area contributed by atoms with E-state index >= 15 is 0 Å². The summed E-state index contributed by atoms with van der Waals surface area (Å²) in [6.45, 7) is 6.81. The zero-order valence-corrected chi connectivity index (χ0v) is 18.1. The maximum atomic E-state index is 12.4. The molecule has 0 aromatic heterocycles. The van der Waals surface area contributed by atoms with Gasteiger partial charge in [0, 0.05) is 24.5 Å². The lowest BCUT2D eigenvalue weighted by atomic mass is 10.1. The number of carbonyl (C=O) groups excluding carboxylic acids is 2. The molecule has 4 N–H and O–H groups in total. The Kier molecular flexibility index (Phi) is 7.27. The maximum absolute atomic E-state index is 12.4. The summed E-state index contributed by atoms with van der Waals surface area (Å²) >= 11 is 0. The summed E-state index contributed by atoms with van der Waals surface area (Å²) in [6.07, 6.45) is 0. The van der Waals surface area contributed by atoms with Crippen molar-refractivity contribution in [2.45, 2.75) is 33.9 Å². The quantitative estimate of drug-likeness (QED) is 0.442. The van der Waals surface area contributed by atoms with Crippen molar-refractivity contribution < 1.29 is 9.59 Å². The molecule has 0 aliphatic carbocycles. The highest BCUT2D eigenvalue weighted by atomic mass is 16.2. The van der Waals surface area contributed by atoms with Crippen molar-refractivity contribution in [2.24, 2.45) is 0 Å². The molecule has 0 heterocycles. The molecule has 0 spiro atoms. The van der Waals surface area contributed by atoms with Crippen molar-refractivity contribution in [2.75, 3.05) is 10.6 Å². The zero-order chi connectivity index (χ0) is 22.2. The zero-order valence-electron chi connectivity index (χ0n) is 18.1. The largest absolute Gasteiger partial charge is 0.334 e. The van der Waals surface area contributed by atoms with E-state index in [2.05, 4.69) is 21.3 Å². The van der Waals surface area contributed by atoms with Crippen LogP contribution in [-0.2, 0) is 13.1 Å². The summed E-state index contributed by atoms with van der Waals surface area (Å²) in [5, 5.41) is 11.4. The Bertz CT molecular complexity index is 1080. The average molecular weight is 417 g/mol. The van der Waals surface area contributed by atoms with Gasteiger partial charge in [0.05, 0.1) is 0 Å². The molecule has 4 amide bonds. The third kappa shape index (κ3) is 6.34. The van der Waals surface area contributed by atoms with E-state index in [1.54, 1.807) is 12.1 Å². The molecule has 0 radical (unpaired) electrons. The number of benzene rings is 3. The van der Waals surface area contributed by atoms with Gasteiger partial charge >= 0.3 is 12.1 Å². The molecule has 31 heavy (non-hydrogen) atoms. The van der Waals surface area contributed by atoms with Crippen LogP contribution < -0.4 is 21.3 Å². The van der Waals surface area contributed by atoms with Crippen molar-refractivity contribution in [1.82, 2.24) is 10.6 Å². The number of nitrogens with one attached hydrogen (secondary N) is 4. The molecule has 0 saturated carbocycles. The molecule has 3 rings (SSSR count). The van der Waals surface area contributed by atoms with Gasteiger partial charge in [-0.3, -0.25) is 0 Å². The fourth-order valence-corrected chi connectivity index (χ4v) is 3.14. The lowest BCUT2D eigenvalue weighted by molar-refractivity contribution is 0.251. The number of hydrogen-bond donors (Lipinski definition) is 4. The van der Waals surface area contributed by atoms with E-state index in [1.807, 2.05) is 75.4 Å². The third-order valence-electron chi connectivity index (χ3n) is 5.14. The molecular formula is C25H28N4O2. The van der Waals surface area contributed by atoms with Gasteiger partial charge < -0.3 is 21.3 Å². The van der Waals surface area contributed by atoms with Gasteiger partial charge in [0.2, 0.25) is 0 Å². The first-order valence-electron chi connectivity index (χ1n) is 10.2. The van der Waals surface area contributed by atoms with E-state index in [1.165, 1.54) is 0 Å². The Balaban J connectivity index is 1.55. The monoisotopic (exact) mass is 416 g/mol. The number of rotatable bonds is 6. The van der Waals surface area contributed by atoms with Crippen molar-refractivity contribution in [3.63, 3.8) is 0 Å². The van der Waals surface area contributed by atoms with E-state index in [4.69, 9.17) is 0 Å². The number of anilines is 2. The molecule has 0 aliphatic rings. The van der Waals surface area contributed by atoms with Gasteiger partial charge in [-0.05, 0) is 60.7 Å². The second kappa shape index (κ2) is 10.3. The summed E-state index contributed by atoms with van der Waals surface area (Å²) in [5.41, 5.74) is 6.52. The van der Waals surface area contributed by atoms with Gasteiger partial charge in [0.1, 0.15) is 0 Å². The van der Waals surface area contributed by atoms with E-state index < -0.39 is 0 Å². The second-order valence-electron chi connectivity index (χ2n) is 7.50. The van der Waals surface area contributed by atoms with Crippen LogP contribution in [0.2, 0.25) is 0 Å². The Labute approximate surface area is 183 Å². The van der Waals surface area contributed by atoms with Crippen LogP contribution in [0.5, 0.6) is 0 Å². The minimum atomic E-state index is -0.304. The first kappa shape index (κ1) is 21.9. The molecule has 0 saturated heterocycles. The highest BCUT2D eigenvalue weighted by Gasteiger charge is 2.08. The van der Waals surface area contributed by atoms with Crippen LogP contribution in [0, 0.1) is 20.8 Å². The minimum absolute atomic E-state index is 0.299. The molecule has 3 aromatic carbocycles. The summed E-state index contributed by atoms with van der Waals surface area (Å²) in [6, 6.07) is 20.6. The van der Waals surface area contributed by atoms with Crippen LogP contribution in [0.25, 0.3) is 0 Å². The van der Waals surface area contributed by atoms with Crippen LogP contribution in [-0.4, -0.2) is 12.1 Å². The summed E-state index contributed by atoms with van der Waals surface area (Å²) < 4.78 is 0. The van der Waals surface area contributed by atoms with E-state index in [0.29, 0.717) is 24.5 Å². The topological polar surface area (TPSA) is 82.3 Å². The number of urea groups is 2. The molecule has 3 aromatic rings. The SMILES string of the molecule is Cc1ccccc1CNC(=O)Nc1ccc(C)c(NC(=O)NCc2ccccc2C)c1. The van der Waals surface area contributed by atoms with Crippen LogP contribution in [0.3, 0.4) is 0 Å². The maximum Gasteiger partial charge on any atom is 0.319 e. The first-order valence-corrected chi connectivity index (χ1v) is 10.2. The Morgan fingerprint density at radius 2 is 1.16 bits per heavy atom. The van der Waals surface area contributed by atoms with E-state index in [9.17, 15) is 9.59 Å². The lowest BCUT2D eigenvalue weighted by Gasteiger charge is -2.14. The van der Waals surface area contributed by atoms with Gasteiger partial charge in [-0.2, -0.15) is 0 Å². The fraction of sp³-hybridized carbons (Fsp3) is 0.200. The molecule has 0 atom stereocenters. The van der Waals surface area contributed by atoms with Crippen molar-refractivity contribution in [3.8, 4) is 0 Å². The second-order valence-corrected chi connectivity index (χ2v) is 7.50. The van der Waals surface area contributed by atoms with Gasteiger partial charge in [-0.15, -0.1) is 0 Å². The molecule has 160 valence electrons. The highest BCUT2D eigenvalue weighted by Crippen LogP contribution is 2.20. The predicted molar refractivity (Wildman–Crippen MR) is 125 cm³/mol. The van der Waals surface area contributed by atoms with Gasteiger partial charge in [-0.25, -0.2) is 9.59 Å². The number of hydrogen-bond acceptors (Lipinski definition) is 2.